The molecule has 0 saturated heterocycles. The minimum absolute atomic E-state index is 0.0684. The number of phosphoric ester groups is 2. The number of carbonyl (C=O) groups excluding carboxylic acids is 4. The minimum atomic E-state index is -5.00. The number of rotatable bonds is 71. The van der Waals surface area contributed by atoms with Gasteiger partial charge in [0.15, 0.2) is 12.2 Å². The number of hydrogen-bond acceptors (Lipinski definition) is 15. The molecule has 0 bridgehead atoms. The lowest BCUT2D eigenvalue weighted by atomic mass is 10.0. The van der Waals surface area contributed by atoms with Gasteiger partial charge in [0.05, 0.1) is 32.8 Å². The molecule has 0 saturated carbocycles. The summed E-state index contributed by atoms with van der Waals surface area (Å²) < 4.78 is 68.4. The molecule has 0 amide bonds. The van der Waals surface area contributed by atoms with Crippen molar-refractivity contribution in [2.75, 3.05) is 39.6 Å². The Hall–Kier alpha value is -4.80. The van der Waals surface area contributed by atoms with E-state index in [1.54, 1.807) is 6.08 Å². The Balaban J connectivity index is 5.42. The van der Waals surface area contributed by atoms with Gasteiger partial charge in [0, 0.05) is 19.3 Å². The smallest absolute Gasteiger partial charge is 0.462 e. The second-order valence-corrected chi connectivity index (χ2v) is 28.1. The molecule has 0 aromatic heterocycles. The summed E-state index contributed by atoms with van der Waals surface area (Å²) in [4.78, 5) is 72.8. The summed E-state index contributed by atoms with van der Waals surface area (Å²) in [6, 6.07) is 0. The number of esters is 4. The first-order chi connectivity index (χ1) is 48.7. The van der Waals surface area contributed by atoms with Crippen LogP contribution in [0, 0.1) is 0 Å². The SMILES string of the molecule is CC/C=C\C/C=C\C/C=C\C/C=C\C/C=C\CC(=O)OCC(COP(=O)(O)OCC(O)COP(=O)(O)OCC(COC(=O)CCCCCCCCC/C=C\C/C=C\C/C=C\CC)OC(=O)CCCCCCC/C=C\C/C=C\C/C=C\CC)OC(=O)CCCCCCCCCCCCCCC. The Morgan fingerprint density at radius 2 is 0.560 bits per heavy atom. The highest BCUT2D eigenvalue weighted by atomic mass is 31.2. The van der Waals surface area contributed by atoms with Crippen LogP contribution in [0.5, 0.6) is 0 Å². The van der Waals surface area contributed by atoms with Crippen LogP contribution in [0.3, 0.4) is 0 Å². The summed E-state index contributed by atoms with van der Waals surface area (Å²) >= 11 is 0. The molecule has 0 aliphatic carbocycles. The van der Waals surface area contributed by atoms with Crippen molar-refractivity contribution in [1.82, 2.24) is 0 Å². The molecule has 0 aromatic carbocycles. The average Bonchev–Trinajstić information content (AvgIpc) is 0.937. The topological polar surface area (TPSA) is 237 Å². The fraction of sp³-hybridized carbons (Fsp3) is 0.679. The number of unbranched alkanes of at least 4 members (excludes halogenated alkanes) is 24. The first-order valence-corrected chi connectivity index (χ1v) is 41.4. The first kappa shape index (κ1) is 95.2. The van der Waals surface area contributed by atoms with Crippen molar-refractivity contribution in [3.05, 3.63) is 134 Å². The molecule has 5 unspecified atom stereocenters. The lowest BCUT2D eigenvalue weighted by molar-refractivity contribution is -0.161. The number of phosphoric acid groups is 2. The van der Waals surface area contributed by atoms with Gasteiger partial charge in [-0.25, -0.2) is 9.13 Å². The molecule has 0 radical (unpaired) electrons. The van der Waals surface area contributed by atoms with Crippen LogP contribution >= 0.6 is 15.6 Å². The van der Waals surface area contributed by atoms with Crippen molar-refractivity contribution in [1.29, 1.82) is 0 Å². The van der Waals surface area contributed by atoms with Gasteiger partial charge in [-0.2, -0.15) is 0 Å². The Bertz CT molecular complexity index is 2420. The van der Waals surface area contributed by atoms with Gasteiger partial charge in [0.1, 0.15) is 19.3 Å². The zero-order chi connectivity index (χ0) is 73.2. The van der Waals surface area contributed by atoms with E-state index in [1.165, 1.54) is 51.4 Å². The maximum Gasteiger partial charge on any atom is 0.472 e. The van der Waals surface area contributed by atoms with Crippen molar-refractivity contribution in [3.63, 3.8) is 0 Å². The predicted octanol–water partition coefficient (Wildman–Crippen LogP) is 22.1. The summed E-state index contributed by atoms with van der Waals surface area (Å²) in [5.74, 6) is -2.35. The van der Waals surface area contributed by atoms with Crippen LogP contribution in [0.25, 0.3) is 0 Å². The molecule has 0 heterocycles. The molecule has 3 N–H and O–H groups in total. The second-order valence-electron chi connectivity index (χ2n) is 25.2. The van der Waals surface area contributed by atoms with E-state index in [-0.39, 0.29) is 25.7 Å². The van der Waals surface area contributed by atoms with Crippen molar-refractivity contribution in [3.8, 4) is 0 Å². The summed E-state index contributed by atoms with van der Waals surface area (Å²) in [5.41, 5.74) is 0. The third-order valence-corrected chi connectivity index (χ3v) is 17.6. The maximum absolute atomic E-state index is 13.1. The summed E-state index contributed by atoms with van der Waals surface area (Å²) in [7, 11) is -9.99. The fourth-order valence-electron chi connectivity index (χ4n) is 9.91. The fourth-order valence-corrected chi connectivity index (χ4v) is 11.5. The molecule has 0 fully saturated rings. The molecular weight excluding hydrogens is 1310 g/mol. The third-order valence-electron chi connectivity index (χ3n) is 15.7. The van der Waals surface area contributed by atoms with Gasteiger partial charge in [-0.15, -0.1) is 0 Å². The van der Waals surface area contributed by atoms with Crippen LogP contribution in [-0.4, -0.2) is 96.7 Å². The van der Waals surface area contributed by atoms with Crippen molar-refractivity contribution in [2.24, 2.45) is 0 Å². The number of aliphatic hydroxyl groups excluding tert-OH is 1. The molecule has 0 aliphatic rings. The zero-order valence-electron chi connectivity index (χ0n) is 62.3. The van der Waals surface area contributed by atoms with Gasteiger partial charge in [0.2, 0.25) is 0 Å². The Morgan fingerprint density at radius 3 is 0.890 bits per heavy atom. The molecule has 0 spiro atoms. The van der Waals surface area contributed by atoms with Crippen LogP contribution in [0.15, 0.2) is 134 Å². The predicted molar refractivity (Wildman–Crippen MR) is 408 cm³/mol. The van der Waals surface area contributed by atoms with Gasteiger partial charge in [0.25, 0.3) is 0 Å². The highest BCUT2D eigenvalue weighted by Crippen LogP contribution is 2.45. The average molecular weight is 1440 g/mol. The molecule has 19 heteroatoms. The van der Waals surface area contributed by atoms with Crippen molar-refractivity contribution >= 4 is 39.5 Å². The Kier molecular flexibility index (Phi) is 69.1. The van der Waals surface area contributed by atoms with Crippen LogP contribution in [-0.2, 0) is 65.4 Å². The molecule has 100 heavy (non-hydrogen) atoms. The summed E-state index contributed by atoms with van der Waals surface area (Å²) in [6.07, 6.45) is 80.4. The number of allylic oxidation sites excluding steroid dienone is 21. The molecule has 17 nitrogen and oxygen atoms in total. The van der Waals surface area contributed by atoms with Crippen LogP contribution in [0.2, 0.25) is 0 Å². The zero-order valence-corrected chi connectivity index (χ0v) is 64.1. The van der Waals surface area contributed by atoms with E-state index in [0.29, 0.717) is 25.7 Å². The highest BCUT2D eigenvalue weighted by Gasteiger charge is 2.30. The molecular formula is C81H136O17P2. The second kappa shape index (κ2) is 72.5. The first-order valence-electron chi connectivity index (χ1n) is 38.4. The van der Waals surface area contributed by atoms with Gasteiger partial charge in [-0.1, -0.05) is 290 Å². The van der Waals surface area contributed by atoms with E-state index in [1.807, 2.05) is 18.2 Å². The van der Waals surface area contributed by atoms with E-state index < -0.39 is 97.5 Å². The largest absolute Gasteiger partial charge is 0.472 e. The van der Waals surface area contributed by atoms with Gasteiger partial charge >= 0.3 is 39.5 Å². The lowest BCUT2D eigenvalue weighted by Crippen LogP contribution is -2.30. The van der Waals surface area contributed by atoms with Crippen LogP contribution in [0.1, 0.15) is 297 Å². The Morgan fingerprint density at radius 1 is 0.300 bits per heavy atom. The monoisotopic (exact) mass is 1440 g/mol. The standard InChI is InChI=1S/C81H136O17P2/c1-5-9-13-17-21-25-29-33-36-37-40-43-46-50-54-58-62-66-79(84)92-72-77(98-81(86)68-64-60-56-52-48-44-39-35-31-27-23-19-15-11-7-3)74-96-100(89,90)94-70-75(82)69-93-99(87,88)95-73-76(97-80(85)67-63-59-55-51-47-41-32-28-24-20-16-12-8-4)71-91-78(83)65-61-57-53-49-45-42-38-34-30-26-22-18-14-10-6-2/h9-11,13-15,21-23,25-27,33-36,38-39,45,49,57,61,75-77,82H,5-8,12,16-20,24,28-32,37,40-44,46-48,50-56,58-60,62-74H2,1-4H3,(H,87,88)(H,89,90)/b13-9-,14-10-,15-11-,25-21-,26-22-,27-23-,36-33-,38-34-,39-35-,49-45-,61-57-. The molecule has 5 atom stereocenters. The van der Waals surface area contributed by atoms with E-state index >= 15 is 0 Å². The highest BCUT2D eigenvalue weighted by molar-refractivity contribution is 7.47. The van der Waals surface area contributed by atoms with Gasteiger partial charge in [-0.3, -0.25) is 37.3 Å². The van der Waals surface area contributed by atoms with E-state index in [0.717, 1.165) is 167 Å². The van der Waals surface area contributed by atoms with E-state index in [4.69, 9.17) is 37.0 Å². The third kappa shape index (κ3) is 71.6. The van der Waals surface area contributed by atoms with E-state index in [2.05, 4.69) is 137 Å². The molecule has 0 rings (SSSR count). The van der Waals surface area contributed by atoms with Crippen molar-refractivity contribution in [2.45, 2.75) is 316 Å². The molecule has 0 aliphatic heterocycles. The van der Waals surface area contributed by atoms with Crippen LogP contribution in [0.4, 0.5) is 0 Å². The number of aliphatic hydroxyl groups is 1. The summed E-state index contributed by atoms with van der Waals surface area (Å²) in [6.45, 7) is 4.40. The normalized spacial score (nSPS) is 14.7. The molecule has 0 aromatic rings. The van der Waals surface area contributed by atoms with Crippen molar-refractivity contribution < 1.29 is 80.2 Å². The number of hydrogen-bond donors (Lipinski definition) is 3. The minimum Gasteiger partial charge on any atom is -0.462 e. The van der Waals surface area contributed by atoms with E-state index in [9.17, 15) is 43.2 Å². The quantitative estimate of drug-likeness (QED) is 0.0169. The maximum atomic E-state index is 13.1. The summed E-state index contributed by atoms with van der Waals surface area (Å²) in [5, 5.41) is 10.6. The number of ether oxygens (including phenoxy) is 4. The Labute approximate surface area is 605 Å². The molecule has 572 valence electrons. The number of carbonyl (C=O) groups is 4. The van der Waals surface area contributed by atoms with Gasteiger partial charge in [-0.05, 0) is 116 Å². The van der Waals surface area contributed by atoms with Gasteiger partial charge < -0.3 is 33.8 Å². The lowest BCUT2D eigenvalue weighted by Gasteiger charge is -2.21. The van der Waals surface area contributed by atoms with Crippen LogP contribution < -0.4 is 0 Å².